The number of benzene rings is 2. The summed E-state index contributed by atoms with van der Waals surface area (Å²) in [6, 6.07) is 17.4. The van der Waals surface area contributed by atoms with E-state index in [1.165, 1.54) is 11.3 Å². The molecule has 0 atom stereocenters. The summed E-state index contributed by atoms with van der Waals surface area (Å²) in [6.45, 7) is 0. The number of carbonyl (C=O) groups is 1. The molecule has 1 aromatic heterocycles. The molecular formula is C21H20N2O3S2. The maximum atomic E-state index is 13.1. The first-order valence-corrected chi connectivity index (χ1v) is 11.4. The average Bonchev–Trinajstić information content (AvgIpc) is 3.06. The average molecular weight is 413 g/mol. The number of amides is 1. The van der Waals surface area contributed by atoms with Crippen molar-refractivity contribution < 1.29 is 13.2 Å². The highest BCUT2D eigenvalue weighted by molar-refractivity contribution is 7.93. The van der Waals surface area contributed by atoms with Crippen LogP contribution < -0.4 is 10.0 Å². The summed E-state index contributed by atoms with van der Waals surface area (Å²) in [7, 11) is -3.76. The number of thiophene rings is 1. The second-order valence-corrected chi connectivity index (χ2v) is 9.44. The predicted molar refractivity (Wildman–Crippen MR) is 113 cm³/mol. The van der Waals surface area contributed by atoms with E-state index in [1.54, 1.807) is 30.3 Å². The molecule has 28 heavy (non-hydrogen) atoms. The number of sulfonamides is 1. The SMILES string of the molecule is O=C(Nc1ccccc1)c1c(NS(=O)(=O)c2ccccc2)sc2c1CCCC2. The van der Waals surface area contributed by atoms with E-state index in [9.17, 15) is 13.2 Å². The van der Waals surface area contributed by atoms with Gasteiger partial charge >= 0.3 is 0 Å². The Balaban J connectivity index is 1.71. The Morgan fingerprint density at radius 3 is 2.25 bits per heavy atom. The number of rotatable bonds is 5. The van der Waals surface area contributed by atoms with Crippen LogP contribution in [0.15, 0.2) is 65.6 Å². The Morgan fingerprint density at radius 2 is 1.54 bits per heavy atom. The van der Waals surface area contributed by atoms with Crippen molar-refractivity contribution in [3.8, 4) is 0 Å². The zero-order valence-electron chi connectivity index (χ0n) is 15.1. The van der Waals surface area contributed by atoms with Gasteiger partial charge < -0.3 is 5.32 Å². The van der Waals surface area contributed by atoms with Crippen molar-refractivity contribution in [2.45, 2.75) is 30.6 Å². The van der Waals surface area contributed by atoms with E-state index in [2.05, 4.69) is 10.0 Å². The van der Waals surface area contributed by atoms with Gasteiger partial charge in [-0.05, 0) is 55.5 Å². The smallest absolute Gasteiger partial charge is 0.262 e. The normalized spacial score (nSPS) is 13.6. The quantitative estimate of drug-likeness (QED) is 0.639. The molecule has 0 unspecified atom stereocenters. The zero-order chi connectivity index (χ0) is 19.6. The van der Waals surface area contributed by atoms with Gasteiger partial charge in [0.2, 0.25) is 0 Å². The van der Waals surface area contributed by atoms with Gasteiger partial charge in [-0.3, -0.25) is 9.52 Å². The van der Waals surface area contributed by atoms with Gasteiger partial charge in [-0.2, -0.15) is 0 Å². The molecule has 1 aliphatic carbocycles. The third-order valence-electron chi connectivity index (χ3n) is 4.71. The van der Waals surface area contributed by atoms with Gasteiger partial charge in [0.1, 0.15) is 5.00 Å². The van der Waals surface area contributed by atoms with Crippen LogP contribution in [0.25, 0.3) is 0 Å². The van der Waals surface area contributed by atoms with Crippen LogP contribution >= 0.6 is 11.3 Å². The third-order valence-corrected chi connectivity index (χ3v) is 7.41. The monoisotopic (exact) mass is 412 g/mol. The number of fused-ring (bicyclic) bond motifs is 1. The number of nitrogens with one attached hydrogen (secondary N) is 2. The molecule has 4 rings (SSSR count). The van der Waals surface area contributed by atoms with E-state index in [0.717, 1.165) is 36.1 Å². The molecule has 5 nitrogen and oxygen atoms in total. The topological polar surface area (TPSA) is 75.3 Å². The van der Waals surface area contributed by atoms with Crippen molar-refractivity contribution in [1.82, 2.24) is 0 Å². The molecule has 2 aromatic carbocycles. The number of carbonyl (C=O) groups excluding carboxylic acids is 1. The summed E-state index contributed by atoms with van der Waals surface area (Å²) in [6.07, 6.45) is 3.72. The van der Waals surface area contributed by atoms with Crippen molar-refractivity contribution in [2.75, 3.05) is 10.0 Å². The second-order valence-electron chi connectivity index (χ2n) is 6.65. The lowest BCUT2D eigenvalue weighted by molar-refractivity contribution is 0.102. The molecule has 0 bridgehead atoms. The number of para-hydroxylation sites is 1. The van der Waals surface area contributed by atoms with Crippen LogP contribution in [0.4, 0.5) is 10.7 Å². The minimum Gasteiger partial charge on any atom is -0.322 e. The van der Waals surface area contributed by atoms with Crippen LogP contribution in [0.2, 0.25) is 0 Å². The molecule has 144 valence electrons. The van der Waals surface area contributed by atoms with Crippen LogP contribution in [-0.4, -0.2) is 14.3 Å². The summed E-state index contributed by atoms with van der Waals surface area (Å²) in [5, 5.41) is 3.29. The van der Waals surface area contributed by atoms with Crippen LogP contribution in [0.1, 0.15) is 33.6 Å². The molecule has 3 aromatic rings. The molecule has 2 N–H and O–H groups in total. The molecule has 0 aliphatic heterocycles. The van der Waals surface area contributed by atoms with Crippen molar-refractivity contribution >= 4 is 38.0 Å². The summed E-state index contributed by atoms with van der Waals surface area (Å²) < 4.78 is 28.3. The number of anilines is 2. The molecule has 0 saturated carbocycles. The highest BCUT2D eigenvalue weighted by atomic mass is 32.2. The van der Waals surface area contributed by atoms with Crippen LogP contribution in [0.3, 0.4) is 0 Å². The van der Waals surface area contributed by atoms with Gasteiger partial charge in [0.25, 0.3) is 15.9 Å². The number of aryl methyl sites for hydroxylation is 1. The highest BCUT2D eigenvalue weighted by Gasteiger charge is 2.28. The summed E-state index contributed by atoms with van der Waals surface area (Å²) in [5.41, 5.74) is 2.10. The molecule has 0 spiro atoms. The standard InChI is InChI=1S/C21H20N2O3S2/c24-20(22-15-9-3-1-4-10-15)19-17-13-7-8-14-18(17)27-21(19)23-28(25,26)16-11-5-2-6-12-16/h1-6,9-12,23H,7-8,13-14H2,(H,22,24). The Labute approximate surface area is 168 Å². The van der Waals surface area contributed by atoms with Crippen LogP contribution in [0.5, 0.6) is 0 Å². The Kier molecular flexibility index (Phi) is 5.19. The molecule has 0 saturated heterocycles. The molecule has 1 heterocycles. The Hall–Kier alpha value is -2.64. The van der Waals surface area contributed by atoms with E-state index < -0.39 is 10.0 Å². The maximum Gasteiger partial charge on any atom is 0.262 e. The fourth-order valence-corrected chi connectivity index (χ4v) is 5.99. The molecule has 0 fully saturated rings. The Morgan fingerprint density at radius 1 is 0.893 bits per heavy atom. The first-order chi connectivity index (χ1) is 13.5. The predicted octanol–water partition coefficient (Wildman–Crippen LogP) is 4.68. The molecular weight excluding hydrogens is 392 g/mol. The minimum atomic E-state index is -3.76. The van der Waals surface area contributed by atoms with Crippen LogP contribution in [0, 0.1) is 0 Å². The minimum absolute atomic E-state index is 0.177. The summed E-state index contributed by atoms with van der Waals surface area (Å²) >= 11 is 1.37. The Bertz CT molecular complexity index is 1090. The fourth-order valence-electron chi connectivity index (χ4n) is 3.37. The van der Waals surface area contributed by atoms with E-state index >= 15 is 0 Å². The first-order valence-electron chi connectivity index (χ1n) is 9.13. The lowest BCUT2D eigenvalue weighted by Gasteiger charge is -2.13. The van der Waals surface area contributed by atoms with E-state index in [-0.39, 0.29) is 10.8 Å². The second kappa shape index (κ2) is 7.77. The lowest BCUT2D eigenvalue weighted by atomic mass is 9.95. The maximum absolute atomic E-state index is 13.1. The zero-order valence-corrected chi connectivity index (χ0v) is 16.8. The van der Waals surface area contributed by atoms with E-state index in [0.29, 0.717) is 16.3 Å². The summed E-state index contributed by atoms with van der Waals surface area (Å²) in [5.74, 6) is -0.281. The van der Waals surface area contributed by atoms with E-state index in [1.807, 2.05) is 30.3 Å². The van der Waals surface area contributed by atoms with Crippen molar-refractivity contribution in [3.05, 3.63) is 76.7 Å². The largest absolute Gasteiger partial charge is 0.322 e. The van der Waals surface area contributed by atoms with Gasteiger partial charge in [-0.25, -0.2) is 8.42 Å². The molecule has 1 amide bonds. The highest BCUT2D eigenvalue weighted by Crippen LogP contribution is 2.39. The number of hydrogen-bond donors (Lipinski definition) is 2. The first kappa shape index (κ1) is 18.7. The van der Waals surface area contributed by atoms with Gasteiger partial charge in [-0.1, -0.05) is 36.4 Å². The molecule has 0 radical (unpaired) electrons. The number of hydrogen-bond acceptors (Lipinski definition) is 4. The molecule has 1 aliphatic rings. The fraction of sp³-hybridized carbons (Fsp3) is 0.190. The van der Waals surface area contributed by atoms with Crippen molar-refractivity contribution in [3.63, 3.8) is 0 Å². The van der Waals surface area contributed by atoms with Gasteiger partial charge in [0.05, 0.1) is 10.5 Å². The van der Waals surface area contributed by atoms with E-state index in [4.69, 9.17) is 0 Å². The van der Waals surface area contributed by atoms with Gasteiger partial charge in [0.15, 0.2) is 0 Å². The van der Waals surface area contributed by atoms with Crippen molar-refractivity contribution in [2.24, 2.45) is 0 Å². The van der Waals surface area contributed by atoms with Crippen LogP contribution in [-0.2, 0) is 22.9 Å². The third kappa shape index (κ3) is 3.81. The van der Waals surface area contributed by atoms with Crippen molar-refractivity contribution in [1.29, 1.82) is 0 Å². The molecule has 7 heteroatoms. The summed E-state index contributed by atoms with van der Waals surface area (Å²) in [4.78, 5) is 14.3. The van der Waals surface area contributed by atoms with Gasteiger partial charge in [-0.15, -0.1) is 11.3 Å². The van der Waals surface area contributed by atoms with Gasteiger partial charge in [0, 0.05) is 10.6 Å². The lowest BCUT2D eigenvalue weighted by Crippen LogP contribution is -2.18.